The summed E-state index contributed by atoms with van der Waals surface area (Å²) >= 11 is 1.68. The number of nitrogens with zero attached hydrogens (tertiary/aromatic N) is 2. The molecule has 0 atom stereocenters. The first-order valence-corrected chi connectivity index (χ1v) is 8.92. The van der Waals surface area contributed by atoms with Crippen LogP contribution in [0.5, 0.6) is 11.5 Å². The van der Waals surface area contributed by atoms with Crippen LogP contribution in [-0.4, -0.2) is 18.3 Å². The average molecular weight is 336 g/mol. The number of hydrogen-bond acceptors (Lipinski definition) is 5. The molecule has 0 N–H and O–H groups in total. The lowest BCUT2D eigenvalue weighted by Gasteiger charge is -2.17. The van der Waals surface area contributed by atoms with Gasteiger partial charge in [-0.3, -0.25) is 0 Å². The van der Waals surface area contributed by atoms with Crippen molar-refractivity contribution >= 4 is 17.0 Å². The van der Waals surface area contributed by atoms with Crippen LogP contribution < -0.4 is 14.4 Å². The van der Waals surface area contributed by atoms with Crippen LogP contribution in [0.4, 0.5) is 5.69 Å². The molecule has 0 radical (unpaired) electrons. The van der Waals surface area contributed by atoms with Crippen molar-refractivity contribution < 1.29 is 9.47 Å². The molecule has 120 valence electrons. The van der Waals surface area contributed by atoms with Crippen LogP contribution in [0.15, 0.2) is 47.8 Å². The van der Waals surface area contributed by atoms with E-state index in [1.807, 2.05) is 18.2 Å². The summed E-state index contributed by atoms with van der Waals surface area (Å²) in [4.78, 5) is 7.23. The number of rotatable bonds is 3. The Hall–Kier alpha value is -2.53. The Bertz CT molecular complexity index is 906. The van der Waals surface area contributed by atoms with Crippen molar-refractivity contribution in [3.63, 3.8) is 0 Å². The molecule has 0 saturated carbocycles. The predicted octanol–water partition coefficient (Wildman–Crippen LogP) is 4.10. The largest absolute Gasteiger partial charge is 0.454 e. The Morgan fingerprint density at radius 2 is 2.00 bits per heavy atom. The monoisotopic (exact) mass is 336 g/mol. The lowest BCUT2D eigenvalue weighted by Crippen LogP contribution is -2.19. The molecule has 3 aromatic rings. The third-order valence-corrected chi connectivity index (χ3v) is 5.45. The van der Waals surface area contributed by atoms with Gasteiger partial charge in [-0.2, -0.15) is 0 Å². The van der Waals surface area contributed by atoms with Gasteiger partial charge >= 0.3 is 0 Å². The van der Waals surface area contributed by atoms with Gasteiger partial charge in [-0.25, -0.2) is 4.98 Å². The van der Waals surface area contributed by atoms with Crippen molar-refractivity contribution in [3.05, 3.63) is 59.1 Å². The maximum Gasteiger partial charge on any atom is 0.231 e. The standard InChI is InChI=1S/C19H16N2O2S/c1-2-4-16-13(3-1)7-8-21(16)10-15-11-24-19(20-15)14-5-6-17-18(9-14)23-12-22-17/h1-6,9,11H,7-8,10,12H2. The van der Waals surface area contributed by atoms with Crippen molar-refractivity contribution in [1.82, 2.24) is 4.98 Å². The molecule has 0 amide bonds. The Kier molecular flexibility index (Phi) is 3.19. The van der Waals surface area contributed by atoms with Crippen LogP contribution >= 0.6 is 11.3 Å². The zero-order valence-corrected chi connectivity index (χ0v) is 13.9. The first-order valence-electron chi connectivity index (χ1n) is 8.04. The number of benzene rings is 2. The second kappa shape index (κ2) is 5.53. The fraction of sp³-hybridized carbons (Fsp3) is 0.211. The average Bonchev–Trinajstić information content (AvgIpc) is 3.34. The minimum atomic E-state index is 0.302. The number of ether oxygens (including phenoxy) is 2. The van der Waals surface area contributed by atoms with Gasteiger partial charge in [-0.05, 0) is 36.2 Å². The van der Waals surface area contributed by atoms with E-state index in [-0.39, 0.29) is 0 Å². The Labute approximate surface area is 144 Å². The second-order valence-electron chi connectivity index (χ2n) is 6.01. The van der Waals surface area contributed by atoms with Gasteiger partial charge in [-0.15, -0.1) is 11.3 Å². The minimum absolute atomic E-state index is 0.302. The van der Waals surface area contributed by atoms with Gasteiger partial charge in [0.2, 0.25) is 6.79 Å². The number of anilines is 1. The van der Waals surface area contributed by atoms with Crippen molar-refractivity contribution in [2.75, 3.05) is 18.2 Å². The highest BCUT2D eigenvalue weighted by Gasteiger charge is 2.20. The zero-order valence-electron chi connectivity index (χ0n) is 13.1. The van der Waals surface area contributed by atoms with Gasteiger partial charge in [0.25, 0.3) is 0 Å². The third kappa shape index (κ3) is 2.32. The highest BCUT2D eigenvalue weighted by Crippen LogP contribution is 2.37. The summed E-state index contributed by atoms with van der Waals surface area (Å²) in [6.45, 7) is 2.23. The molecule has 0 unspecified atom stereocenters. The van der Waals surface area contributed by atoms with E-state index in [1.165, 1.54) is 11.3 Å². The number of aromatic nitrogens is 1. The van der Waals surface area contributed by atoms with Crippen LogP contribution in [0, 0.1) is 0 Å². The van der Waals surface area contributed by atoms with E-state index in [0.717, 1.165) is 47.3 Å². The maximum absolute atomic E-state index is 5.46. The van der Waals surface area contributed by atoms with E-state index in [9.17, 15) is 0 Å². The van der Waals surface area contributed by atoms with Gasteiger partial charge in [-0.1, -0.05) is 18.2 Å². The fourth-order valence-corrected chi connectivity index (χ4v) is 4.12. The van der Waals surface area contributed by atoms with Crippen LogP contribution in [0.1, 0.15) is 11.3 Å². The lowest BCUT2D eigenvalue weighted by atomic mass is 10.2. The number of para-hydroxylation sites is 1. The zero-order chi connectivity index (χ0) is 15.9. The molecule has 0 saturated heterocycles. The molecule has 24 heavy (non-hydrogen) atoms. The predicted molar refractivity (Wildman–Crippen MR) is 94.9 cm³/mol. The van der Waals surface area contributed by atoms with Crippen LogP contribution in [0.3, 0.4) is 0 Å². The molecule has 5 rings (SSSR count). The first kappa shape index (κ1) is 13.9. The van der Waals surface area contributed by atoms with Crippen molar-refractivity contribution in [2.24, 2.45) is 0 Å². The molecule has 2 aromatic carbocycles. The van der Waals surface area contributed by atoms with Gasteiger partial charge in [0.05, 0.1) is 12.2 Å². The third-order valence-electron chi connectivity index (χ3n) is 4.51. The minimum Gasteiger partial charge on any atom is -0.454 e. The maximum atomic E-state index is 5.46. The molecule has 3 heterocycles. The Morgan fingerprint density at radius 1 is 1.08 bits per heavy atom. The summed E-state index contributed by atoms with van der Waals surface area (Å²) < 4.78 is 10.8. The van der Waals surface area contributed by atoms with Gasteiger partial charge < -0.3 is 14.4 Å². The van der Waals surface area contributed by atoms with Crippen LogP contribution in [0.25, 0.3) is 10.6 Å². The normalized spacial score (nSPS) is 14.9. The molecule has 1 aromatic heterocycles. The summed E-state index contributed by atoms with van der Waals surface area (Å²) in [6, 6.07) is 14.6. The molecule has 0 fully saturated rings. The second-order valence-corrected chi connectivity index (χ2v) is 6.87. The van der Waals surface area contributed by atoms with Crippen molar-refractivity contribution in [2.45, 2.75) is 13.0 Å². The van der Waals surface area contributed by atoms with E-state index in [1.54, 1.807) is 11.3 Å². The fourth-order valence-electron chi connectivity index (χ4n) is 3.31. The molecule has 0 aliphatic carbocycles. The summed E-state index contributed by atoms with van der Waals surface area (Å²) in [5.74, 6) is 1.61. The van der Waals surface area contributed by atoms with Crippen molar-refractivity contribution in [1.29, 1.82) is 0 Å². The smallest absolute Gasteiger partial charge is 0.231 e. The molecule has 0 spiro atoms. The number of hydrogen-bond donors (Lipinski definition) is 0. The summed E-state index contributed by atoms with van der Waals surface area (Å²) in [5.41, 5.74) is 4.97. The summed E-state index contributed by atoms with van der Waals surface area (Å²) in [5, 5.41) is 3.18. The molecular weight excluding hydrogens is 320 g/mol. The van der Waals surface area contributed by atoms with Crippen LogP contribution in [-0.2, 0) is 13.0 Å². The van der Waals surface area contributed by atoms with Crippen molar-refractivity contribution in [3.8, 4) is 22.1 Å². The topological polar surface area (TPSA) is 34.6 Å². The Balaban J connectivity index is 1.38. The lowest BCUT2D eigenvalue weighted by molar-refractivity contribution is 0.174. The molecule has 5 heteroatoms. The van der Waals surface area contributed by atoms with E-state index < -0.39 is 0 Å². The highest BCUT2D eigenvalue weighted by atomic mass is 32.1. The molecule has 2 aliphatic rings. The molecule has 0 bridgehead atoms. The first-order chi connectivity index (χ1) is 11.9. The van der Waals surface area contributed by atoms with E-state index >= 15 is 0 Å². The van der Waals surface area contributed by atoms with Gasteiger partial charge in [0.1, 0.15) is 5.01 Å². The summed E-state index contributed by atoms with van der Waals surface area (Å²) in [7, 11) is 0. The molecule has 4 nitrogen and oxygen atoms in total. The molecule has 2 aliphatic heterocycles. The van der Waals surface area contributed by atoms with Gasteiger partial charge in [0.15, 0.2) is 11.5 Å². The number of thiazole rings is 1. The number of fused-ring (bicyclic) bond motifs is 2. The highest BCUT2D eigenvalue weighted by molar-refractivity contribution is 7.13. The van der Waals surface area contributed by atoms with E-state index in [4.69, 9.17) is 14.5 Å². The quantitative estimate of drug-likeness (QED) is 0.721. The SMILES string of the molecule is c1ccc2c(c1)CCN2Cc1csc(-c2ccc3c(c2)OCO3)n1. The molecular formula is C19H16N2O2S. The van der Waals surface area contributed by atoms with E-state index in [0.29, 0.717) is 6.79 Å². The Morgan fingerprint density at radius 3 is 3.00 bits per heavy atom. The summed E-state index contributed by atoms with van der Waals surface area (Å²) in [6.07, 6.45) is 1.12. The van der Waals surface area contributed by atoms with E-state index in [2.05, 4.69) is 34.5 Å². The van der Waals surface area contributed by atoms with Gasteiger partial charge in [0, 0.05) is 23.2 Å². The van der Waals surface area contributed by atoms with Crippen LogP contribution in [0.2, 0.25) is 0 Å².